The van der Waals surface area contributed by atoms with Gasteiger partial charge in [-0.1, -0.05) is 41.4 Å². The van der Waals surface area contributed by atoms with Gasteiger partial charge in [-0.3, -0.25) is 10.1 Å². The van der Waals surface area contributed by atoms with Crippen molar-refractivity contribution in [2.75, 3.05) is 42.3 Å². The smallest absolute Gasteiger partial charge is 0.418 e. The maximum absolute atomic E-state index is 15.0. The average Bonchev–Trinajstić information content (AvgIpc) is 3.34. The number of alkyl halides is 3. The van der Waals surface area contributed by atoms with Crippen LogP contribution in [0.25, 0.3) is 0 Å². The third kappa shape index (κ3) is 7.01. The molecule has 0 aromatic heterocycles. The summed E-state index contributed by atoms with van der Waals surface area (Å²) in [4.78, 5) is 40.9. The quantitative estimate of drug-likeness (QED) is 0.172. The van der Waals surface area contributed by atoms with E-state index in [-0.39, 0.29) is 33.6 Å². The molecule has 0 spiro atoms. The molecule has 2 aliphatic rings. The van der Waals surface area contributed by atoms with E-state index < -0.39 is 61.7 Å². The first-order chi connectivity index (χ1) is 23.7. The maximum Gasteiger partial charge on any atom is 0.491 e. The Labute approximate surface area is 297 Å². The number of anilines is 2. The molecule has 1 atom stereocenters. The zero-order valence-corrected chi connectivity index (χ0v) is 29.3. The van der Waals surface area contributed by atoms with Gasteiger partial charge in [-0.05, 0) is 94.7 Å². The Morgan fingerprint density at radius 3 is 2.24 bits per heavy atom. The molecule has 5 rings (SSSR count). The second-order valence-corrected chi connectivity index (χ2v) is 14.3. The lowest BCUT2D eigenvalue weighted by atomic mass is 9.82. The molecule has 1 fully saturated rings. The lowest BCUT2D eigenvalue weighted by Gasteiger charge is -2.34. The summed E-state index contributed by atoms with van der Waals surface area (Å²) in [6.07, 6.45) is -4.10. The molecule has 50 heavy (non-hydrogen) atoms. The summed E-state index contributed by atoms with van der Waals surface area (Å²) in [5.74, 6) is -4.66. The highest BCUT2D eigenvalue weighted by molar-refractivity contribution is 7.93. The van der Waals surface area contributed by atoms with Crippen LogP contribution < -0.4 is 25.0 Å². The Bertz CT molecular complexity index is 1890. The summed E-state index contributed by atoms with van der Waals surface area (Å²) in [7, 11) is -4.83. The molecule has 3 aromatic rings. The van der Waals surface area contributed by atoms with Crippen LogP contribution in [-0.4, -0.2) is 70.1 Å². The van der Waals surface area contributed by atoms with E-state index in [9.17, 15) is 36.0 Å². The van der Waals surface area contributed by atoms with E-state index in [1.807, 2.05) is 0 Å². The number of ether oxygens (including phenoxy) is 1. The number of carbonyl (C=O) groups is 3. The van der Waals surface area contributed by atoms with Gasteiger partial charge in [0.05, 0.1) is 21.2 Å². The Morgan fingerprint density at radius 1 is 1.00 bits per heavy atom. The summed E-state index contributed by atoms with van der Waals surface area (Å²) in [6, 6.07) is 12.8. The Balaban J connectivity index is 1.70. The lowest BCUT2D eigenvalue weighted by molar-refractivity contribution is -0.189. The van der Waals surface area contributed by atoms with Gasteiger partial charge in [0.2, 0.25) is 0 Å². The van der Waals surface area contributed by atoms with Crippen LogP contribution in [0.3, 0.4) is 0 Å². The summed E-state index contributed by atoms with van der Waals surface area (Å²) >= 11 is 13.1. The fourth-order valence-electron chi connectivity index (χ4n) is 6.12. The van der Waals surface area contributed by atoms with E-state index >= 15 is 0 Å². The topological polar surface area (TPSA) is 137 Å². The number of hydrogen-bond acceptors (Lipinski definition) is 8. The van der Waals surface area contributed by atoms with Crippen LogP contribution in [-0.2, 0) is 25.2 Å². The maximum atomic E-state index is 15.0. The second kappa shape index (κ2) is 14.8. The molecule has 0 saturated carbocycles. The van der Waals surface area contributed by atoms with Crippen LogP contribution >= 0.6 is 23.2 Å². The Hall–Kier alpha value is -3.89. The fourth-order valence-corrected chi connectivity index (χ4v) is 8.05. The third-order valence-corrected chi connectivity index (χ3v) is 11.0. The van der Waals surface area contributed by atoms with Gasteiger partial charge in [0.15, 0.2) is 11.3 Å². The molecule has 0 bridgehead atoms. The molecule has 2 heterocycles. The summed E-state index contributed by atoms with van der Waals surface area (Å²) in [5, 5.41) is 8.56. The highest BCUT2D eigenvalue weighted by atomic mass is 35.5. The molecule has 1 saturated heterocycles. The predicted octanol–water partition coefficient (Wildman–Crippen LogP) is 5.90. The molecule has 3 aromatic carbocycles. The van der Waals surface area contributed by atoms with Gasteiger partial charge in [0, 0.05) is 29.4 Å². The van der Waals surface area contributed by atoms with Gasteiger partial charge in [0.1, 0.15) is 0 Å². The number of nitrogens with one attached hydrogen (secondary N) is 3. The minimum absolute atomic E-state index is 0.000545. The van der Waals surface area contributed by atoms with Gasteiger partial charge < -0.3 is 20.3 Å². The first-order valence-corrected chi connectivity index (χ1v) is 17.9. The molecule has 11 nitrogen and oxygen atoms in total. The third-order valence-electron chi connectivity index (χ3n) is 8.70. The van der Waals surface area contributed by atoms with Crippen LogP contribution in [0.1, 0.15) is 37.8 Å². The summed E-state index contributed by atoms with van der Waals surface area (Å²) in [6.45, 7) is 5.92. The monoisotopic (exact) mass is 755 g/mol. The largest absolute Gasteiger partial charge is 0.491 e. The molecule has 2 aliphatic heterocycles. The van der Waals surface area contributed by atoms with E-state index in [0.29, 0.717) is 43.3 Å². The van der Waals surface area contributed by atoms with Crippen molar-refractivity contribution in [3.8, 4) is 5.75 Å². The Kier molecular flexibility index (Phi) is 11.0. The van der Waals surface area contributed by atoms with Crippen molar-refractivity contribution in [1.29, 1.82) is 0 Å². The molecule has 3 N–H and O–H groups in total. The van der Waals surface area contributed by atoms with Gasteiger partial charge in [-0.25, -0.2) is 22.3 Å². The highest BCUT2D eigenvalue weighted by Gasteiger charge is 2.59. The van der Waals surface area contributed by atoms with Crippen LogP contribution in [0.5, 0.6) is 5.75 Å². The van der Waals surface area contributed by atoms with Crippen LogP contribution in [0.4, 0.5) is 29.3 Å². The van der Waals surface area contributed by atoms with Crippen molar-refractivity contribution >= 4 is 62.5 Å². The highest BCUT2D eigenvalue weighted by Crippen LogP contribution is 2.54. The number of hydrogen-bond donors (Lipinski definition) is 3. The number of halogens is 5. The van der Waals surface area contributed by atoms with E-state index in [1.165, 1.54) is 47.4 Å². The molecular formula is C33H34Cl2F3N5O6S. The summed E-state index contributed by atoms with van der Waals surface area (Å²) < 4.78 is 75.0. The first-order valence-electron chi connectivity index (χ1n) is 15.7. The molecule has 1 unspecified atom stereocenters. The lowest BCUT2D eigenvalue weighted by Crippen LogP contribution is -2.54. The van der Waals surface area contributed by atoms with E-state index in [2.05, 4.69) is 16.0 Å². The normalized spacial score (nSPS) is 18.1. The predicted molar refractivity (Wildman–Crippen MR) is 182 cm³/mol. The number of carbonyl (C=O) groups excluding carboxylic acids is 3. The van der Waals surface area contributed by atoms with Crippen LogP contribution in [0, 0.1) is 5.92 Å². The molecule has 268 valence electrons. The number of amides is 3. The first kappa shape index (κ1) is 37.4. The van der Waals surface area contributed by atoms with Crippen LogP contribution in [0.2, 0.25) is 10.0 Å². The number of benzene rings is 3. The van der Waals surface area contributed by atoms with E-state index in [0.717, 1.165) is 12.1 Å². The van der Waals surface area contributed by atoms with Crippen molar-refractivity contribution in [3.63, 3.8) is 0 Å². The van der Waals surface area contributed by atoms with Crippen molar-refractivity contribution < 1.29 is 40.7 Å². The van der Waals surface area contributed by atoms with Crippen molar-refractivity contribution in [1.82, 2.24) is 15.5 Å². The van der Waals surface area contributed by atoms with Gasteiger partial charge >= 0.3 is 18.2 Å². The van der Waals surface area contributed by atoms with Gasteiger partial charge in [-0.2, -0.15) is 13.2 Å². The minimum atomic E-state index is -5.46. The summed E-state index contributed by atoms with van der Waals surface area (Å²) in [5.41, 5.74) is -2.84. The molecule has 3 amide bonds. The number of fused-ring (bicyclic) bond motifs is 1. The molecule has 0 aliphatic carbocycles. The average molecular weight is 757 g/mol. The SMILES string of the molecule is CCN(CC)C(=O)Nc1ccc(S(=O)(=O)N2C(=O)C(NCC3CCNCC3)(c3ccccc3Cl)c3c2ccc(Cl)c3OC(=O)C(F)(F)F)cc1. The number of rotatable bonds is 10. The molecule has 0 radical (unpaired) electrons. The standard InChI is InChI=1S/C33H34Cl2F3N5O6S/c1-3-42(4-2)31(46)41-21-9-11-22(12-10-21)50(47,48)43-26-14-13-25(35)28(49-30(45)33(36,37)38)27(26)32(29(43)44,23-7-5-6-8-24(23)34)40-19-20-15-17-39-18-16-20/h5-14,20,39-40H,3-4,15-19H2,1-2H3,(H,41,46). The zero-order chi connectivity index (χ0) is 36.4. The Morgan fingerprint density at radius 2 is 1.64 bits per heavy atom. The van der Waals surface area contributed by atoms with Gasteiger partial charge in [0.25, 0.3) is 15.9 Å². The fraction of sp³-hybridized carbons (Fsp3) is 0.364. The number of piperidine rings is 1. The van der Waals surface area contributed by atoms with Crippen LogP contribution in [0.15, 0.2) is 65.6 Å². The number of nitrogens with zero attached hydrogens (tertiary/aromatic N) is 2. The number of urea groups is 1. The molecular weight excluding hydrogens is 722 g/mol. The number of esters is 1. The minimum Gasteiger partial charge on any atom is -0.418 e. The second-order valence-electron chi connectivity index (χ2n) is 11.7. The van der Waals surface area contributed by atoms with E-state index in [4.69, 9.17) is 27.9 Å². The molecule has 17 heteroatoms. The van der Waals surface area contributed by atoms with Crippen molar-refractivity contribution in [2.24, 2.45) is 5.92 Å². The van der Waals surface area contributed by atoms with Gasteiger partial charge in [-0.15, -0.1) is 0 Å². The zero-order valence-electron chi connectivity index (χ0n) is 26.9. The van der Waals surface area contributed by atoms with Crippen molar-refractivity contribution in [3.05, 3.63) is 81.8 Å². The van der Waals surface area contributed by atoms with Crippen molar-refractivity contribution in [2.45, 2.75) is 43.3 Å². The number of sulfonamides is 1. The van der Waals surface area contributed by atoms with E-state index in [1.54, 1.807) is 19.9 Å².